The van der Waals surface area contributed by atoms with Crippen molar-refractivity contribution in [1.29, 1.82) is 0 Å². The molecule has 0 amide bonds. The number of hydrogen-bond donors (Lipinski definition) is 1. The van der Waals surface area contributed by atoms with E-state index in [1.165, 1.54) is 0 Å². The van der Waals surface area contributed by atoms with E-state index in [2.05, 4.69) is 4.98 Å². The largest absolute Gasteiger partial charge is 0.401 e. The first kappa shape index (κ1) is 7.85. The second kappa shape index (κ2) is 2.78. The first-order valence-electron chi connectivity index (χ1n) is 3.55. The summed E-state index contributed by atoms with van der Waals surface area (Å²) in [4.78, 5) is 4.23. The monoisotopic (exact) mass is 151 g/mol. The molecule has 1 heterocycles. The van der Waals surface area contributed by atoms with Gasteiger partial charge in [0, 0.05) is 18.1 Å². The van der Waals surface area contributed by atoms with Crippen LogP contribution >= 0.6 is 0 Å². The Kier molecular flexibility index (Phi) is 1.98. The summed E-state index contributed by atoms with van der Waals surface area (Å²) in [5, 5.41) is 0. The number of allylic oxidation sites excluding steroid dienone is 1. The second-order valence-corrected chi connectivity index (χ2v) is 2.71. The fraction of sp³-hybridized carbons (Fsp3) is 0.375. The standard InChI is InChI=1S/C8H13N3/c1-6(9)4-11-5-7(2)10-8(11)3/h4-5H,9H2,1-3H3/b6-4-. The lowest BCUT2D eigenvalue weighted by molar-refractivity contribution is 1.02. The molecular weight excluding hydrogens is 138 g/mol. The summed E-state index contributed by atoms with van der Waals surface area (Å²) in [6, 6.07) is 0. The minimum Gasteiger partial charge on any atom is -0.401 e. The molecule has 0 saturated heterocycles. The number of aryl methyl sites for hydroxylation is 2. The fourth-order valence-corrected chi connectivity index (χ4v) is 0.987. The third kappa shape index (κ3) is 1.83. The highest BCUT2D eigenvalue weighted by molar-refractivity contribution is 5.29. The number of rotatable bonds is 1. The molecule has 0 fully saturated rings. The molecule has 0 aromatic carbocycles. The average molecular weight is 151 g/mol. The maximum Gasteiger partial charge on any atom is 0.109 e. The van der Waals surface area contributed by atoms with Crippen molar-refractivity contribution in [3.8, 4) is 0 Å². The molecule has 11 heavy (non-hydrogen) atoms. The highest BCUT2D eigenvalue weighted by Crippen LogP contribution is 2.01. The van der Waals surface area contributed by atoms with Crippen LogP contribution in [-0.2, 0) is 0 Å². The summed E-state index contributed by atoms with van der Waals surface area (Å²) in [7, 11) is 0. The summed E-state index contributed by atoms with van der Waals surface area (Å²) in [6.07, 6.45) is 3.81. The molecule has 0 atom stereocenters. The molecule has 3 nitrogen and oxygen atoms in total. The predicted octanol–water partition coefficient (Wildman–Crippen LogP) is 1.28. The maximum absolute atomic E-state index is 5.52. The van der Waals surface area contributed by atoms with Gasteiger partial charge in [-0.1, -0.05) is 0 Å². The van der Waals surface area contributed by atoms with Crippen LogP contribution in [0, 0.1) is 13.8 Å². The van der Waals surface area contributed by atoms with Crippen molar-refractivity contribution in [2.45, 2.75) is 20.8 Å². The van der Waals surface area contributed by atoms with E-state index < -0.39 is 0 Å². The Morgan fingerprint density at radius 3 is 2.64 bits per heavy atom. The van der Waals surface area contributed by atoms with Crippen LogP contribution in [0.1, 0.15) is 18.4 Å². The van der Waals surface area contributed by atoms with Crippen LogP contribution in [-0.4, -0.2) is 9.55 Å². The molecule has 1 aromatic heterocycles. The zero-order valence-electron chi connectivity index (χ0n) is 7.13. The summed E-state index contributed by atoms with van der Waals surface area (Å²) < 4.78 is 1.92. The van der Waals surface area contributed by atoms with Gasteiger partial charge in [-0.15, -0.1) is 0 Å². The van der Waals surface area contributed by atoms with Gasteiger partial charge in [0.2, 0.25) is 0 Å². The Bertz CT molecular complexity index is 280. The van der Waals surface area contributed by atoms with Gasteiger partial charge in [-0.3, -0.25) is 0 Å². The van der Waals surface area contributed by atoms with Crippen LogP contribution < -0.4 is 5.73 Å². The van der Waals surface area contributed by atoms with Gasteiger partial charge in [0.05, 0.1) is 5.69 Å². The van der Waals surface area contributed by atoms with Crippen molar-refractivity contribution < 1.29 is 0 Å². The van der Waals surface area contributed by atoms with E-state index in [0.29, 0.717) is 0 Å². The number of nitrogens with two attached hydrogens (primary N) is 1. The first-order chi connectivity index (χ1) is 5.09. The Morgan fingerprint density at radius 2 is 2.27 bits per heavy atom. The quantitative estimate of drug-likeness (QED) is 0.657. The zero-order valence-corrected chi connectivity index (χ0v) is 7.13. The fourth-order valence-electron chi connectivity index (χ4n) is 0.987. The molecule has 0 radical (unpaired) electrons. The highest BCUT2D eigenvalue weighted by Gasteiger charge is 1.95. The predicted molar refractivity (Wildman–Crippen MR) is 45.8 cm³/mol. The normalized spacial score (nSPS) is 12.1. The Balaban J connectivity index is 3.04. The van der Waals surface area contributed by atoms with Crippen molar-refractivity contribution in [3.63, 3.8) is 0 Å². The number of hydrogen-bond acceptors (Lipinski definition) is 2. The minimum absolute atomic E-state index is 0.783. The highest BCUT2D eigenvalue weighted by atomic mass is 15.1. The molecule has 60 valence electrons. The van der Waals surface area contributed by atoms with Gasteiger partial charge in [-0.05, 0) is 20.8 Å². The lowest BCUT2D eigenvalue weighted by Crippen LogP contribution is -1.95. The van der Waals surface area contributed by atoms with Gasteiger partial charge in [-0.2, -0.15) is 0 Å². The minimum atomic E-state index is 0.783. The Morgan fingerprint density at radius 1 is 1.64 bits per heavy atom. The van der Waals surface area contributed by atoms with Crippen LogP contribution in [0.25, 0.3) is 6.20 Å². The van der Waals surface area contributed by atoms with Gasteiger partial charge < -0.3 is 10.3 Å². The molecular formula is C8H13N3. The topological polar surface area (TPSA) is 43.8 Å². The van der Waals surface area contributed by atoms with E-state index in [0.717, 1.165) is 17.2 Å². The van der Waals surface area contributed by atoms with E-state index in [9.17, 15) is 0 Å². The molecule has 1 aromatic rings. The van der Waals surface area contributed by atoms with Crippen molar-refractivity contribution in [2.24, 2.45) is 5.73 Å². The molecule has 0 unspecified atom stereocenters. The van der Waals surface area contributed by atoms with Crippen LogP contribution in [0.4, 0.5) is 0 Å². The third-order valence-electron chi connectivity index (χ3n) is 1.38. The summed E-state index contributed by atoms with van der Waals surface area (Å²) in [5.74, 6) is 0.965. The van der Waals surface area contributed by atoms with Gasteiger partial charge >= 0.3 is 0 Å². The van der Waals surface area contributed by atoms with Gasteiger partial charge in [-0.25, -0.2) is 4.98 Å². The molecule has 0 aliphatic rings. The van der Waals surface area contributed by atoms with Crippen molar-refractivity contribution >= 4 is 6.20 Å². The van der Waals surface area contributed by atoms with E-state index in [4.69, 9.17) is 5.73 Å². The lowest BCUT2D eigenvalue weighted by Gasteiger charge is -1.95. The first-order valence-corrected chi connectivity index (χ1v) is 3.55. The smallest absolute Gasteiger partial charge is 0.109 e. The molecule has 0 bridgehead atoms. The van der Waals surface area contributed by atoms with E-state index in [1.807, 2.05) is 37.7 Å². The molecule has 1 rings (SSSR count). The SMILES string of the molecule is C/C(N)=C/n1cc(C)nc1C. The number of nitrogens with zero attached hydrogens (tertiary/aromatic N) is 2. The average Bonchev–Trinajstić information content (AvgIpc) is 2.09. The number of aromatic nitrogens is 2. The van der Waals surface area contributed by atoms with Crippen LogP contribution in [0.15, 0.2) is 11.9 Å². The van der Waals surface area contributed by atoms with E-state index >= 15 is 0 Å². The Labute approximate surface area is 66.5 Å². The summed E-state index contributed by atoms with van der Waals surface area (Å²) in [5.41, 5.74) is 7.31. The second-order valence-electron chi connectivity index (χ2n) is 2.71. The van der Waals surface area contributed by atoms with Gasteiger partial charge in [0.1, 0.15) is 5.82 Å². The van der Waals surface area contributed by atoms with Crippen LogP contribution in [0.2, 0.25) is 0 Å². The maximum atomic E-state index is 5.52. The van der Waals surface area contributed by atoms with E-state index in [1.54, 1.807) is 0 Å². The third-order valence-corrected chi connectivity index (χ3v) is 1.38. The molecule has 0 spiro atoms. The molecule has 0 aliphatic carbocycles. The number of imidazole rings is 1. The Hall–Kier alpha value is -1.25. The summed E-state index contributed by atoms with van der Waals surface area (Å²) in [6.45, 7) is 5.77. The van der Waals surface area contributed by atoms with Crippen molar-refractivity contribution in [2.75, 3.05) is 0 Å². The van der Waals surface area contributed by atoms with Crippen LogP contribution in [0.3, 0.4) is 0 Å². The molecule has 2 N–H and O–H groups in total. The van der Waals surface area contributed by atoms with Gasteiger partial charge in [0.25, 0.3) is 0 Å². The van der Waals surface area contributed by atoms with Gasteiger partial charge in [0.15, 0.2) is 0 Å². The zero-order chi connectivity index (χ0) is 8.43. The van der Waals surface area contributed by atoms with Crippen molar-refractivity contribution in [1.82, 2.24) is 9.55 Å². The van der Waals surface area contributed by atoms with Crippen molar-refractivity contribution in [3.05, 3.63) is 23.4 Å². The van der Waals surface area contributed by atoms with Crippen LogP contribution in [0.5, 0.6) is 0 Å². The molecule has 0 saturated carbocycles. The summed E-state index contributed by atoms with van der Waals surface area (Å²) >= 11 is 0. The lowest BCUT2D eigenvalue weighted by atomic mass is 10.5. The van der Waals surface area contributed by atoms with E-state index in [-0.39, 0.29) is 0 Å². The molecule has 0 aliphatic heterocycles. The molecule has 3 heteroatoms.